The van der Waals surface area contributed by atoms with E-state index in [2.05, 4.69) is 0 Å². The molecule has 1 fully saturated rings. The molecule has 1 amide bonds. The molecule has 0 aromatic heterocycles. The number of piperidine rings is 1. The van der Waals surface area contributed by atoms with Gasteiger partial charge in [-0.25, -0.2) is 8.42 Å². The third-order valence-corrected chi connectivity index (χ3v) is 6.11. The van der Waals surface area contributed by atoms with Crippen LogP contribution in [-0.4, -0.2) is 38.4 Å². The molecule has 1 aliphatic rings. The van der Waals surface area contributed by atoms with Crippen LogP contribution in [0.2, 0.25) is 0 Å². The van der Waals surface area contributed by atoms with Gasteiger partial charge in [0.1, 0.15) is 0 Å². The highest BCUT2D eigenvalue weighted by Crippen LogP contribution is 2.19. The number of sulfone groups is 1. The molecule has 1 heterocycles. The summed E-state index contributed by atoms with van der Waals surface area (Å²) in [4.78, 5) is 14.5. The highest BCUT2D eigenvalue weighted by Gasteiger charge is 2.23. The molecule has 5 nitrogen and oxygen atoms in total. The number of amides is 1. The van der Waals surface area contributed by atoms with E-state index in [1.54, 1.807) is 29.2 Å². The maximum absolute atomic E-state index is 12.5. The largest absolute Gasteiger partial charge is 0.337 e. The van der Waals surface area contributed by atoms with Crippen LogP contribution >= 0.6 is 0 Å². The van der Waals surface area contributed by atoms with Crippen molar-refractivity contribution >= 4 is 15.7 Å². The van der Waals surface area contributed by atoms with Crippen molar-refractivity contribution in [2.24, 2.45) is 5.73 Å². The Morgan fingerprint density at radius 3 is 2.40 bits per heavy atom. The molecule has 1 aliphatic heterocycles. The Hall–Kier alpha value is -2.18. The molecule has 0 aliphatic carbocycles. The summed E-state index contributed by atoms with van der Waals surface area (Å²) in [6.45, 7) is 1.24. The van der Waals surface area contributed by atoms with Crippen LogP contribution < -0.4 is 5.73 Å². The molecule has 0 spiro atoms. The van der Waals surface area contributed by atoms with Gasteiger partial charge in [0, 0.05) is 24.7 Å². The lowest BCUT2D eigenvalue weighted by molar-refractivity contribution is 0.0708. The van der Waals surface area contributed by atoms with Gasteiger partial charge in [-0.15, -0.1) is 0 Å². The van der Waals surface area contributed by atoms with Crippen molar-refractivity contribution in [3.8, 4) is 0 Å². The van der Waals surface area contributed by atoms with Crippen LogP contribution in [0.3, 0.4) is 0 Å². The molecule has 2 aromatic carbocycles. The maximum atomic E-state index is 12.5. The summed E-state index contributed by atoms with van der Waals surface area (Å²) in [5.74, 6) is -0.149. The van der Waals surface area contributed by atoms with Gasteiger partial charge >= 0.3 is 0 Å². The first-order chi connectivity index (χ1) is 12.0. The molecule has 132 valence electrons. The fraction of sp³-hybridized carbons (Fsp3) is 0.316. The van der Waals surface area contributed by atoms with Gasteiger partial charge in [-0.2, -0.15) is 0 Å². The Labute approximate surface area is 148 Å². The monoisotopic (exact) mass is 358 g/mol. The van der Waals surface area contributed by atoms with Crippen LogP contribution in [0.25, 0.3) is 0 Å². The van der Waals surface area contributed by atoms with Gasteiger partial charge in [0.05, 0.1) is 10.6 Å². The van der Waals surface area contributed by atoms with E-state index in [-0.39, 0.29) is 22.6 Å². The average Bonchev–Trinajstić information content (AvgIpc) is 2.62. The minimum Gasteiger partial charge on any atom is -0.337 e. The van der Waals surface area contributed by atoms with Crippen LogP contribution in [0.4, 0.5) is 0 Å². The number of nitrogens with zero attached hydrogens (tertiary/aromatic N) is 1. The molecule has 6 heteroatoms. The third kappa shape index (κ3) is 4.27. The van der Waals surface area contributed by atoms with Gasteiger partial charge in [-0.3, -0.25) is 4.79 Å². The number of likely N-dealkylation sites (tertiary alicyclic amines) is 1. The topological polar surface area (TPSA) is 80.5 Å². The Morgan fingerprint density at radius 1 is 1.08 bits per heavy atom. The van der Waals surface area contributed by atoms with E-state index in [4.69, 9.17) is 5.73 Å². The number of hydrogen-bond donors (Lipinski definition) is 1. The van der Waals surface area contributed by atoms with E-state index >= 15 is 0 Å². The Morgan fingerprint density at radius 2 is 1.76 bits per heavy atom. The minimum absolute atomic E-state index is 0.0169. The third-order valence-electron chi connectivity index (χ3n) is 4.40. The summed E-state index contributed by atoms with van der Waals surface area (Å²) in [5.41, 5.74) is 7.16. The molecule has 1 atom stereocenters. The van der Waals surface area contributed by atoms with Crippen LogP contribution in [0, 0.1) is 0 Å². The highest BCUT2D eigenvalue weighted by molar-refractivity contribution is 7.90. The number of carbonyl (C=O) groups is 1. The second kappa shape index (κ2) is 7.37. The van der Waals surface area contributed by atoms with E-state index < -0.39 is 9.84 Å². The van der Waals surface area contributed by atoms with Crippen molar-refractivity contribution in [3.63, 3.8) is 0 Å². The van der Waals surface area contributed by atoms with Gasteiger partial charge in [-0.1, -0.05) is 30.3 Å². The van der Waals surface area contributed by atoms with E-state index in [0.29, 0.717) is 18.7 Å². The lowest BCUT2D eigenvalue weighted by Crippen LogP contribution is -2.45. The van der Waals surface area contributed by atoms with Gasteiger partial charge in [0.15, 0.2) is 9.84 Å². The zero-order valence-corrected chi connectivity index (χ0v) is 14.8. The second-order valence-electron chi connectivity index (χ2n) is 6.42. The van der Waals surface area contributed by atoms with Crippen molar-refractivity contribution in [3.05, 3.63) is 65.7 Å². The molecule has 0 radical (unpaired) electrons. The SMILES string of the molecule is N[C@@H]1CCCN(C(=O)c2ccc(S(=O)(=O)Cc3ccccc3)cc2)C1. The van der Waals surface area contributed by atoms with Crippen molar-refractivity contribution in [1.29, 1.82) is 0 Å². The molecule has 0 saturated carbocycles. The lowest BCUT2D eigenvalue weighted by Gasteiger charge is -2.30. The maximum Gasteiger partial charge on any atom is 0.253 e. The van der Waals surface area contributed by atoms with Crippen molar-refractivity contribution < 1.29 is 13.2 Å². The second-order valence-corrected chi connectivity index (χ2v) is 8.41. The van der Waals surface area contributed by atoms with Gasteiger partial charge in [0.2, 0.25) is 0 Å². The summed E-state index contributed by atoms with van der Waals surface area (Å²) < 4.78 is 25.0. The Bertz CT molecular complexity index is 833. The molecule has 2 aromatic rings. The Kier molecular flexibility index (Phi) is 5.20. The molecule has 0 bridgehead atoms. The standard InChI is InChI=1S/C19H22N2O3S/c20-17-7-4-12-21(13-17)19(22)16-8-10-18(11-9-16)25(23,24)14-15-5-2-1-3-6-15/h1-3,5-6,8-11,17H,4,7,12-14,20H2/t17-/m1/s1. The van der Waals surface area contributed by atoms with E-state index in [9.17, 15) is 13.2 Å². The predicted molar refractivity (Wildman–Crippen MR) is 96.9 cm³/mol. The van der Waals surface area contributed by atoms with Crippen LogP contribution in [0.1, 0.15) is 28.8 Å². The molecular weight excluding hydrogens is 336 g/mol. The van der Waals surface area contributed by atoms with Gasteiger partial charge in [-0.05, 0) is 42.7 Å². The fourth-order valence-electron chi connectivity index (χ4n) is 3.06. The van der Waals surface area contributed by atoms with Gasteiger partial charge in [0.25, 0.3) is 5.91 Å². The predicted octanol–water partition coefficient (Wildman–Crippen LogP) is 2.22. The molecule has 1 saturated heterocycles. The van der Waals surface area contributed by atoms with Crippen LogP contribution in [0.5, 0.6) is 0 Å². The molecule has 0 unspecified atom stereocenters. The fourth-order valence-corrected chi connectivity index (χ4v) is 4.41. The molecule has 2 N–H and O–H groups in total. The van der Waals surface area contributed by atoms with Crippen molar-refractivity contribution in [2.45, 2.75) is 29.5 Å². The Balaban J connectivity index is 1.74. The normalized spacial score (nSPS) is 18.1. The number of rotatable bonds is 4. The first kappa shape index (κ1) is 17.6. The number of carbonyl (C=O) groups excluding carboxylic acids is 1. The van der Waals surface area contributed by atoms with Gasteiger partial charge < -0.3 is 10.6 Å². The average molecular weight is 358 g/mol. The first-order valence-corrected chi connectivity index (χ1v) is 10.0. The van der Waals surface area contributed by atoms with Crippen LogP contribution in [-0.2, 0) is 15.6 Å². The highest BCUT2D eigenvalue weighted by atomic mass is 32.2. The molecule has 25 heavy (non-hydrogen) atoms. The number of hydrogen-bond acceptors (Lipinski definition) is 4. The smallest absolute Gasteiger partial charge is 0.253 e. The van der Waals surface area contributed by atoms with E-state index in [0.717, 1.165) is 18.4 Å². The zero-order chi connectivity index (χ0) is 17.9. The number of benzene rings is 2. The van der Waals surface area contributed by atoms with E-state index in [1.165, 1.54) is 12.1 Å². The lowest BCUT2D eigenvalue weighted by atomic mass is 10.1. The molecular formula is C19H22N2O3S. The van der Waals surface area contributed by atoms with Crippen molar-refractivity contribution in [2.75, 3.05) is 13.1 Å². The minimum atomic E-state index is -3.43. The molecule has 3 rings (SSSR count). The van der Waals surface area contributed by atoms with E-state index in [1.807, 2.05) is 18.2 Å². The first-order valence-electron chi connectivity index (χ1n) is 8.37. The van der Waals surface area contributed by atoms with Crippen molar-refractivity contribution in [1.82, 2.24) is 4.90 Å². The summed E-state index contributed by atoms with van der Waals surface area (Å²) in [7, 11) is -3.43. The quantitative estimate of drug-likeness (QED) is 0.909. The zero-order valence-electron chi connectivity index (χ0n) is 14.0. The summed E-state index contributed by atoms with van der Waals surface area (Å²) in [6.07, 6.45) is 1.83. The van der Waals surface area contributed by atoms with Crippen LogP contribution in [0.15, 0.2) is 59.5 Å². The summed E-state index contributed by atoms with van der Waals surface area (Å²) >= 11 is 0. The summed E-state index contributed by atoms with van der Waals surface area (Å²) in [5, 5.41) is 0. The number of nitrogens with two attached hydrogens (primary N) is 1. The summed E-state index contributed by atoms with van der Waals surface area (Å²) in [6, 6.07) is 15.3.